The van der Waals surface area contributed by atoms with Gasteiger partial charge in [0.15, 0.2) is 0 Å². The average Bonchev–Trinajstić information content (AvgIpc) is 2.53. The Morgan fingerprint density at radius 1 is 0.650 bits per heavy atom. The van der Waals surface area contributed by atoms with Crippen molar-refractivity contribution in [2.24, 2.45) is 0 Å². The van der Waals surface area contributed by atoms with Gasteiger partial charge in [0.25, 0.3) is 0 Å². The minimum absolute atomic E-state index is 0.454. The molecule has 0 aliphatic carbocycles. The van der Waals surface area contributed by atoms with Crippen molar-refractivity contribution in [3.8, 4) is 0 Å². The number of hydrogen-bond acceptors (Lipinski definition) is 2. The van der Waals surface area contributed by atoms with Gasteiger partial charge in [-0.25, -0.2) is 0 Å². The highest BCUT2D eigenvalue weighted by Gasteiger charge is 2.01. The van der Waals surface area contributed by atoms with Gasteiger partial charge in [0.2, 0.25) is 0 Å². The molecule has 2 aromatic carbocycles. The van der Waals surface area contributed by atoms with Gasteiger partial charge >= 0.3 is 0 Å². The summed E-state index contributed by atoms with van der Waals surface area (Å²) >= 11 is 0. The summed E-state index contributed by atoms with van der Waals surface area (Å²) in [7, 11) is -2.06. The van der Waals surface area contributed by atoms with Gasteiger partial charge in [-0.15, -0.1) is 0 Å². The summed E-state index contributed by atoms with van der Waals surface area (Å²) in [4.78, 5) is 1.64. The maximum absolute atomic E-state index is 11.9. The molecule has 0 saturated heterocycles. The van der Waals surface area contributed by atoms with E-state index in [2.05, 4.69) is 0 Å². The molecule has 0 heterocycles. The van der Waals surface area contributed by atoms with Crippen LogP contribution in [0.1, 0.15) is 0 Å². The quantitative estimate of drug-likeness (QED) is 0.768. The molecule has 0 amide bonds. The van der Waals surface area contributed by atoms with E-state index in [1.807, 2.05) is 72.8 Å². The second-order valence-corrected chi connectivity index (χ2v) is 7.11. The lowest BCUT2D eigenvalue weighted by atomic mass is 10.4. The monoisotopic (exact) mass is 304 g/mol. The molecule has 0 spiro atoms. The molecule has 0 aliphatic rings. The second-order valence-electron chi connectivity index (χ2n) is 4.12. The van der Waals surface area contributed by atoms with Gasteiger partial charge in [0, 0.05) is 21.3 Å². The van der Waals surface area contributed by atoms with Crippen molar-refractivity contribution in [1.29, 1.82) is 0 Å². The number of rotatable bonds is 6. The molecule has 2 aromatic rings. The van der Waals surface area contributed by atoms with E-state index in [1.54, 1.807) is 0 Å². The highest BCUT2D eigenvalue weighted by Crippen LogP contribution is 2.07. The van der Waals surface area contributed by atoms with Crippen molar-refractivity contribution in [2.45, 2.75) is 9.79 Å². The van der Waals surface area contributed by atoms with Crippen LogP contribution in [-0.4, -0.2) is 19.9 Å². The maximum Gasteiger partial charge on any atom is 0.0567 e. The van der Waals surface area contributed by atoms with E-state index in [1.165, 1.54) is 0 Å². The molecule has 104 valence electrons. The lowest BCUT2D eigenvalue weighted by Crippen LogP contribution is -1.97. The van der Waals surface area contributed by atoms with Gasteiger partial charge in [-0.2, -0.15) is 0 Å². The lowest BCUT2D eigenvalue weighted by Gasteiger charge is -1.99. The Bertz CT molecular complexity index is 551. The van der Waals surface area contributed by atoms with Gasteiger partial charge in [-0.3, -0.25) is 8.42 Å². The molecule has 2 rings (SSSR count). The van der Waals surface area contributed by atoms with Gasteiger partial charge < -0.3 is 0 Å². The molecule has 0 aromatic heterocycles. The molecule has 4 heteroatoms. The molecular formula is C16H16O2S2. The summed E-state index contributed by atoms with van der Waals surface area (Å²) in [6.45, 7) is 0. The van der Waals surface area contributed by atoms with Crippen molar-refractivity contribution in [3.05, 3.63) is 72.8 Å². The fourth-order valence-corrected chi connectivity index (χ4v) is 3.58. The van der Waals surface area contributed by atoms with E-state index in [0.717, 1.165) is 9.79 Å². The first-order chi connectivity index (χ1) is 9.77. The van der Waals surface area contributed by atoms with E-state index in [-0.39, 0.29) is 0 Å². The summed E-state index contributed by atoms with van der Waals surface area (Å²) in [6, 6.07) is 18.7. The Kier molecular flexibility index (Phi) is 5.89. The highest BCUT2D eigenvalue weighted by atomic mass is 32.2. The number of hydrogen-bond donors (Lipinski definition) is 0. The van der Waals surface area contributed by atoms with E-state index < -0.39 is 21.6 Å². The van der Waals surface area contributed by atoms with E-state index in [9.17, 15) is 8.42 Å². The predicted molar refractivity (Wildman–Crippen MR) is 84.6 cm³/mol. The standard InChI is InChI=1S/C16H16O2S2/c17-19(15-9-3-1-4-10-15)13-7-8-14-20(18)16-11-5-2-6-12-16/h1-12H,13-14H2. The molecule has 0 saturated carbocycles. The van der Waals surface area contributed by atoms with Crippen LogP contribution < -0.4 is 0 Å². The Morgan fingerprint density at radius 3 is 1.35 bits per heavy atom. The van der Waals surface area contributed by atoms with Crippen molar-refractivity contribution in [3.63, 3.8) is 0 Å². The van der Waals surface area contributed by atoms with Crippen LogP contribution in [0, 0.1) is 0 Å². The van der Waals surface area contributed by atoms with Crippen LogP contribution in [0.4, 0.5) is 0 Å². The van der Waals surface area contributed by atoms with Crippen LogP contribution in [-0.2, 0) is 21.6 Å². The summed E-state index contributed by atoms with van der Waals surface area (Å²) in [6.07, 6.45) is 3.67. The largest absolute Gasteiger partial charge is 0.254 e. The van der Waals surface area contributed by atoms with Crippen molar-refractivity contribution < 1.29 is 8.42 Å². The Labute approximate surface area is 124 Å². The normalized spacial score (nSPS) is 14.2. The molecule has 2 atom stereocenters. The molecular weight excluding hydrogens is 288 g/mol. The molecule has 0 aliphatic heterocycles. The zero-order chi connectivity index (χ0) is 14.2. The third-order valence-corrected chi connectivity index (χ3v) is 5.26. The highest BCUT2D eigenvalue weighted by molar-refractivity contribution is 7.85. The minimum atomic E-state index is -1.03. The first kappa shape index (κ1) is 14.9. The van der Waals surface area contributed by atoms with Crippen molar-refractivity contribution >= 4 is 21.6 Å². The second kappa shape index (κ2) is 7.92. The number of benzene rings is 2. The van der Waals surface area contributed by atoms with E-state index in [4.69, 9.17) is 0 Å². The predicted octanol–water partition coefficient (Wildman–Crippen LogP) is 3.16. The average molecular weight is 304 g/mol. The van der Waals surface area contributed by atoms with Crippen molar-refractivity contribution in [1.82, 2.24) is 0 Å². The third-order valence-electron chi connectivity index (χ3n) is 2.67. The minimum Gasteiger partial charge on any atom is -0.254 e. The topological polar surface area (TPSA) is 34.1 Å². The van der Waals surface area contributed by atoms with Gasteiger partial charge in [0.05, 0.1) is 21.6 Å². The summed E-state index contributed by atoms with van der Waals surface area (Å²) < 4.78 is 23.9. The zero-order valence-corrected chi connectivity index (χ0v) is 12.6. The molecule has 20 heavy (non-hydrogen) atoms. The van der Waals surface area contributed by atoms with E-state index >= 15 is 0 Å². The van der Waals surface area contributed by atoms with Crippen LogP contribution in [0.3, 0.4) is 0 Å². The summed E-state index contributed by atoms with van der Waals surface area (Å²) in [5.41, 5.74) is 0. The van der Waals surface area contributed by atoms with Gasteiger partial charge in [-0.05, 0) is 24.3 Å². The summed E-state index contributed by atoms with van der Waals surface area (Å²) in [5, 5.41) is 0. The lowest BCUT2D eigenvalue weighted by molar-refractivity contribution is 0.683. The smallest absolute Gasteiger partial charge is 0.0567 e. The zero-order valence-electron chi connectivity index (χ0n) is 11.0. The molecule has 0 radical (unpaired) electrons. The van der Waals surface area contributed by atoms with Crippen LogP contribution in [0.2, 0.25) is 0 Å². The Hall–Kier alpha value is -1.52. The fraction of sp³-hybridized carbons (Fsp3) is 0.125. The van der Waals surface area contributed by atoms with Crippen LogP contribution in [0.25, 0.3) is 0 Å². The Balaban J connectivity index is 1.83. The van der Waals surface area contributed by atoms with Crippen molar-refractivity contribution in [2.75, 3.05) is 11.5 Å². The molecule has 0 bridgehead atoms. The molecule has 2 nitrogen and oxygen atoms in total. The molecule has 0 fully saturated rings. The third kappa shape index (κ3) is 4.54. The fourth-order valence-electron chi connectivity index (χ4n) is 1.65. The summed E-state index contributed by atoms with van der Waals surface area (Å²) in [5.74, 6) is 0.909. The van der Waals surface area contributed by atoms with Gasteiger partial charge in [0.1, 0.15) is 0 Å². The van der Waals surface area contributed by atoms with Crippen LogP contribution in [0.5, 0.6) is 0 Å². The van der Waals surface area contributed by atoms with E-state index in [0.29, 0.717) is 11.5 Å². The SMILES string of the molecule is O=S(CC=CCS(=O)c1ccccc1)c1ccccc1. The first-order valence-electron chi connectivity index (χ1n) is 6.29. The molecule has 2 unspecified atom stereocenters. The van der Waals surface area contributed by atoms with Crippen LogP contribution in [0.15, 0.2) is 82.6 Å². The maximum atomic E-state index is 11.9. The molecule has 0 N–H and O–H groups in total. The van der Waals surface area contributed by atoms with Crippen LogP contribution >= 0.6 is 0 Å². The van der Waals surface area contributed by atoms with Gasteiger partial charge in [-0.1, -0.05) is 48.6 Å². The first-order valence-corrected chi connectivity index (χ1v) is 8.93. The Morgan fingerprint density at radius 2 is 1.00 bits per heavy atom.